The van der Waals surface area contributed by atoms with Gasteiger partial charge in [0.1, 0.15) is 11.6 Å². The van der Waals surface area contributed by atoms with E-state index < -0.39 is 23.2 Å². The number of ether oxygens (including phenoxy) is 1. The van der Waals surface area contributed by atoms with Crippen molar-refractivity contribution in [3.63, 3.8) is 0 Å². The van der Waals surface area contributed by atoms with Crippen LogP contribution in [0.4, 0.5) is 14.9 Å². The van der Waals surface area contributed by atoms with Crippen LogP contribution in [0.25, 0.3) is 0 Å². The summed E-state index contributed by atoms with van der Waals surface area (Å²) in [6.45, 7) is 2.01. The number of anilines is 1. The third kappa shape index (κ3) is 3.07. The third-order valence-electron chi connectivity index (χ3n) is 3.69. The molecule has 1 heterocycles. The molecule has 0 aliphatic carbocycles. The zero-order valence-electron chi connectivity index (χ0n) is 11.9. The molecule has 1 atom stereocenters. The molecule has 0 radical (unpaired) electrons. The number of nitrogens with zero attached hydrogens (tertiary/aromatic N) is 1. The zero-order chi connectivity index (χ0) is 15.6. The Labute approximate surface area is 121 Å². The quantitative estimate of drug-likeness (QED) is 0.896. The molecule has 1 aliphatic rings. The number of carboxylic acid groups (broad SMARTS) is 1. The Morgan fingerprint density at radius 1 is 1.48 bits per heavy atom. The number of hydrogen-bond acceptors (Lipinski definition) is 3. The van der Waals surface area contributed by atoms with Crippen molar-refractivity contribution in [3.05, 3.63) is 24.0 Å². The molecule has 21 heavy (non-hydrogen) atoms. The van der Waals surface area contributed by atoms with Crippen molar-refractivity contribution in [2.45, 2.75) is 13.3 Å². The first kappa shape index (κ1) is 15.1. The molecular weight excluding hydrogens is 279 g/mol. The van der Waals surface area contributed by atoms with Crippen molar-refractivity contribution < 1.29 is 23.8 Å². The smallest absolute Gasteiger partial charge is 0.321 e. The fourth-order valence-electron chi connectivity index (χ4n) is 2.23. The SMILES string of the molecule is COc1ccc(F)c(NC(=O)N2CCC(C)(C(=O)O)C2)c1. The van der Waals surface area contributed by atoms with Crippen LogP contribution in [0.5, 0.6) is 5.75 Å². The Hall–Kier alpha value is -2.31. The second kappa shape index (κ2) is 5.59. The largest absolute Gasteiger partial charge is 0.497 e. The Kier molecular flexibility index (Phi) is 4.02. The summed E-state index contributed by atoms with van der Waals surface area (Å²) in [5.41, 5.74) is -0.951. The summed E-state index contributed by atoms with van der Waals surface area (Å²) in [5, 5.41) is 11.6. The minimum absolute atomic E-state index is 0.00304. The first-order valence-corrected chi connectivity index (χ1v) is 6.48. The summed E-state index contributed by atoms with van der Waals surface area (Å²) in [6.07, 6.45) is 0.371. The Balaban J connectivity index is 2.08. The van der Waals surface area contributed by atoms with Gasteiger partial charge in [-0.15, -0.1) is 0 Å². The lowest BCUT2D eigenvalue weighted by atomic mass is 9.90. The molecule has 114 valence electrons. The molecule has 1 aromatic rings. The molecule has 1 saturated heterocycles. The van der Waals surface area contributed by atoms with Gasteiger partial charge >= 0.3 is 12.0 Å². The van der Waals surface area contributed by atoms with Gasteiger partial charge < -0.3 is 20.1 Å². The van der Waals surface area contributed by atoms with E-state index in [1.165, 1.54) is 30.2 Å². The number of likely N-dealkylation sites (tertiary alicyclic amines) is 1. The third-order valence-corrected chi connectivity index (χ3v) is 3.69. The van der Waals surface area contributed by atoms with E-state index in [0.717, 1.165) is 0 Å². The molecule has 0 aromatic heterocycles. The maximum atomic E-state index is 13.7. The summed E-state index contributed by atoms with van der Waals surface area (Å²) in [4.78, 5) is 24.6. The van der Waals surface area contributed by atoms with Crippen LogP contribution in [-0.2, 0) is 4.79 Å². The van der Waals surface area contributed by atoms with Gasteiger partial charge in [0.25, 0.3) is 0 Å². The van der Waals surface area contributed by atoms with Gasteiger partial charge in [0.2, 0.25) is 0 Å². The Morgan fingerprint density at radius 2 is 2.19 bits per heavy atom. The van der Waals surface area contributed by atoms with Gasteiger partial charge in [-0.2, -0.15) is 0 Å². The number of methoxy groups -OCH3 is 1. The van der Waals surface area contributed by atoms with E-state index in [0.29, 0.717) is 18.7 Å². The van der Waals surface area contributed by atoms with Crippen molar-refractivity contribution in [3.8, 4) is 5.75 Å². The van der Waals surface area contributed by atoms with Gasteiger partial charge in [0.05, 0.1) is 18.2 Å². The number of aliphatic carboxylic acids is 1. The molecule has 2 rings (SSSR count). The molecule has 6 nitrogen and oxygen atoms in total. The average molecular weight is 296 g/mol. The second-order valence-electron chi connectivity index (χ2n) is 5.31. The summed E-state index contributed by atoms with van der Waals surface area (Å²) in [5.74, 6) is -1.10. The van der Waals surface area contributed by atoms with E-state index in [9.17, 15) is 14.0 Å². The molecule has 1 aliphatic heterocycles. The number of nitrogens with one attached hydrogen (secondary N) is 1. The maximum Gasteiger partial charge on any atom is 0.321 e. The average Bonchev–Trinajstić information content (AvgIpc) is 2.85. The molecule has 1 fully saturated rings. The van der Waals surface area contributed by atoms with Gasteiger partial charge in [0.15, 0.2) is 0 Å². The number of rotatable bonds is 3. The van der Waals surface area contributed by atoms with E-state index in [1.807, 2.05) is 0 Å². The lowest BCUT2D eigenvalue weighted by molar-refractivity contribution is -0.146. The van der Waals surface area contributed by atoms with Crippen molar-refractivity contribution in [1.29, 1.82) is 0 Å². The predicted molar refractivity (Wildman–Crippen MR) is 73.9 cm³/mol. The number of amides is 2. The lowest BCUT2D eigenvalue weighted by Crippen LogP contribution is -2.37. The molecule has 1 aromatic carbocycles. The van der Waals surface area contributed by atoms with Crippen molar-refractivity contribution in [1.82, 2.24) is 4.90 Å². The molecule has 1 unspecified atom stereocenters. The van der Waals surface area contributed by atoms with Crippen LogP contribution in [0.2, 0.25) is 0 Å². The van der Waals surface area contributed by atoms with Gasteiger partial charge in [-0.25, -0.2) is 9.18 Å². The fourth-order valence-corrected chi connectivity index (χ4v) is 2.23. The van der Waals surface area contributed by atoms with Crippen LogP contribution in [0.1, 0.15) is 13.3 Å². The van der Waals surface area contributed by atoms with E-state index in [2.05, 4.69) is 5.32 Å². The van der Waals surface area contributed by atoms with Crippen LogP contribution < -0.4 is 10.1 Å². The highest BCUT2D eigenvalue weighted by molar-refractivity contribution is 5.90. The number of halogens is 1. The van der Waals surface area contributed by atoms with Crippen LogP contribution in [0, 0.1) is 11.2 Å². The van der Waals surface area contributed by atoms with Gasteiger partial charge in [-0.3, -0.25) is 4.79 Å². The summed E-state index contributed by atoms with van der Waals surface area (Å²) in [6, 6.07) is 3.49. The molecular formula is C14H17FN2O4. The van der Waals surface area contributed by atoms with Gasteiger partial charge in [0, 0.05) is 19.2 Å². The van der Waals surface area contributed by atoms with Gasteiger partial charge in [-0.05, 0) is 25.5 Å². The minimum atomic E-state index is -0.954. The number of urea groups is 1. The minimum Gasteiger partial charge on any atom is -0.497 e. The normalized spacial score (nSPS) is 21.2. The maximum absolute atomic E-state index is 13.7. The standard InChI is InChI=1S/C14H17FN2O4/c1-14(12(18)19)5-6-17(8-14)13(20)16-11-7-9(21-2)3-4-10(11)15/h3-4,7H,5-6,8H2,1-2H3,(H,16,20)(H,18,19). The molecule has 0 saturated carbocycles. The van der Waals surface area contributed by atoms with Crippen LogP contribution in [-0.4, -0.2) is 42.2 Å². The number of carbonyl (C=O) groups excluding carboxylic acids is 1. The highest BCUT2D eigenvalue weighted by atomic mass is 19.1. The summed E-state index contributed by atoms with van der Waals surface area (Å²) >= 11 is 0. The van der Waals surface area contributed by atoms with E-state index >= 15 is 0 Å². The molecule has 2 N–H and O–H groups in total. The van der Waals surface area contributed by atoms with E-state index in [1.54, 1.807) is 6.92 Å². The van der Waals surface area contributed by atoms with Crippen molar-refractivity contribution in [2.75, 3.05) is 25.5 Å². The molecule has 0 bridgehead atoms. The topological polar surface area (TPSA) is 78.9 Å². The molecule has 7 heteroatoms. The predicted octanol–water partition coefficient (Wildman–Crippen LogP) is 2.16. The first-order valence-electron chi connectivity index (χ1n) is 6.48. The monoisotopic (exact) mass is 296 g/mol. The van der Waals surface area contributed by atoms with Crippen molar-refractivity contribution in [2.24, 2.45) is 5.41 Å². The van der Waals surface area contributed by atoms with Crippen LogP contribution in [0.15, 0.2) is 18.2 Å². The Bertz CT molecular complexity index is 578. The zero-order valence-corrected chi connectivity index (χ0v) is 11.9. The number of carbonyl (C=O) groups is 2. The highest BCUT2D eigenvalue weighted by Crippen LogP contribution is 2.30. The van der Waals surface area contributed by atoms with E-state index in [-0.39, 0.29) is 12.2 Å². The summed E-state index contributed by atoms with van der Waals surface area (Å²) < 4.78 is 18.6. The summed E-state index contributed by atoms with van der Waals surface area (Å²) in [7, 11) is 1.44. The van der Waals surface area contributed by atoms with Crippen LogP contribution in [0.3, 0.4) is 0 Å². The molecule has 0 spiro atoms. The van der Waals surface area contributed by atoms with Crippen molar-refractivity contribution >= 4 is 17.7 Å². The first-order chi connectivity index (χ1) is 9.85. The van der Waals surface area contributed by atoms with Gasteiger partial charge in [-0.1, -0.05) is 0 Å². The molecule has 2 amide bonds. The number of benzene rings is 1. The van der Waals surface area contributed by atoms with Crippen LogP contribution >= 0.6 is 0 Å². The number of carboxylic acids is 1. The Morgan fingerprint density at radius 3 is 2.76 bits per heavy atom. The lowest BCUT2D eigenvalue weighted by Gasteiger charge is -2.20. The highest BCUT2D eigenvalue weighted by Gasteiger charge is 2.42. The second-order valence-corrected chi connectivity index (χ2v) is 5.31. The number of hydrogen-bond donors (Lipinski definition) is 2. The van der Waals surface area contributed by atoms with E-state index in [4.69, 9.17) is 9.84 Å². The fraction of sp³-hybridized carbons (Fsp3) is 0.429.